The summed E-state index contributed by atoms with van der Waals surface area (Å²) in [5.74, 6) is -0.419. The summed E-state index contributed by atoms with van der Waals surface area (Å²) in [5.41, 5.74) is 0.248. The third-order valence-electron chi connectivity index (χ3n) is 6.84. The van der Waals surface area contributed by atoms with Gasteiger partial charge in [0.2, 0.25) is 0 Å². The molecule has 4 rings (SSSR count). The lowest BCUT2D eigenvalue weighted by Gasteiger charge is -2.32. The highest BCUT2D eigenvalue weighted by molar-refractivity contribution is 6.65. The van der Waals surface area contributed by atoms with Crippen molar-refractivity contribution in [3.8, 4) is 0 Å². The van der Waals surface area contributed by atoms with Crippen LogP contribution in [-0.4, -0.2) is 76.4 Å². The van der Waals surface area contributed by atoms with E-state index >= 15 is 0 Å². The molecule has 2 aromatic rings. The monoisotopic (exact) mass is 486 g/mol. The first-order valence-electron chi connectivity index (χ1n) is 12.0. The molecule has 1 aromatic carbocycles. The Labute approximate surface area is 206 Å². The minimum Gasteiger partial charge on any atom is -0.465 e. The van der Waals surface area contributed by atoms with Gasteiger partial charge in [0.25, 0.3) is 0 Å². The predicted molar refractivity (Wildman–Crippen MR) is 132 cm³/mol. The standard InChI is InChI=1S/C25H35BN2O7/c1-23(2,3)33-21(29)17-12-16-8-9-27(14-18-15-28(22(30)31)10-11-32-18)20(16)19(13-17)26-34-24(4,5)25(6,7)35-26/h8-9,12-13,18H,10-11,14-15H2,1-7H3,(H,30,31)/t18-/m1/s1. The summed E-state index contributed by atoms with van der Waals surface area (Å²) in [7, 11) is -0.693. The first kappa shape index (κ1) is 25.5. The van der Waals surface area contributed by atoms with Crippen LogP contribution >= 0.6 is 0 Å². The number of fused-ring (bicyclic) bond motifs is 1. The number of morpholine rings is 1. The van der Waals surface area contributed by atoms with Gasteiger partial charge in [0.15, 0.2) is 0 Å². The molecule has 0 aliphatic carbocycles. The second kappa shape index (κ2) is 8.83. The molecule has 1 aromatic heterocycles. The fourth-order valence-corrected chi connectivity index (χ4v) is 4.36. The summed E-state index contributed by atoms with van der Waals surface area (Å²) < 4.78 is 26.2. The van der Waals surface area contributed by atoms with Crippen LogP contribution < -0.4 is 5.46 Å². The molecular weight excluding hydrogens is 451 g/mol. The molecule has 0 saturated carbocycles. The van der Waals surface area contributed by atoms with Crippen LogP contribution in [0.25, 0.3) is 10.9 Å². The van der Waals surface area contributed by atoms with Crippen LogP contribution in [0.2, 0.25) is 0 Å². The van der Waals surface area contributed by atoms with E-state index < -0.39 is 36.0 Å². The molecule has 2 aliphatic rings. The highest BCUT2D eigenvalue weighted by Crippen LogP contribution is 2.37. The van der Waals surface area contributed by atoms with Gasteiger partial charge >= 0.3 is 19.2 Å². The van der Waals surface area contributed by atoms with E-state index in [9.17, 15) is 14.7 Å². The fourth-order valence-electron chi connectivity index (χ4n) is 4.36. The molecule has 190 valence electrons. The number of nitrogens with zero attached hydrogens (tertiary/aromatic N) is 2. The molecule has 0 radical (unpaired) electrons. The maximum absolute atomic E-state index is 13.0. The van der Waals surface area contributed by atoms with Crippen LogP contribution in [0, 0.1) is 0 Å². The molecule has 3 heterocycles. The molecule has 1 N–H and O–H groups in total. The lowest BCUT2D eigenvalue weighted by Crippen LogP contribution is -2.46. The highest BCUT2D eigenvalue weighted by Gasteiger charge is 2.52. The third kappa shape index (κ3) is 5.19. The lowest BCUT2D eigenvalue weighted by molar-refractivity contribution is -0.0287. The maximum atomic E-state index is 13.0. The van der Waals surface area contributed by atoms with E-state index in [0.717, 1.165) is 16.4 Å². The van der Waals surface area contributed by atoms with Gasteiger partial charge in [-0.05, 0) is 66.7 Å². The minimum absolute atomic E-state index is 0.289. The SMILES string of the molecule is CC(C)(C)OC(=O)c1cc(B2OC(C)(C)C(C)(C)O2)c2c(ccn2C[C@@H]2CN(C(=O)O)CCO2)c1. The van der Waals surface area contributed by atoms with Crippen LogP contribution in [0.3, 0.4) is 0 Å². The second-order valence-electron chi connectivity index (χ2n) is 11.3. The maximum Gasteiger partial charge on any atom is 0.497 e. The number of carboxylic acid groups (broad SMARTS) is 1. The van der Waals surface area contributed by atoms with Crippen LogP contribution in [-0.2, 0) is 25.3 Å². The summed E-state index contributed by atoms with van der Waals surface area (Å²) >= 11 is 0. The Morgan fingerprint density at radius 2 is 1.83 bits per heavy atom. The van der Waals surface area contributed by atoms with Crippen molar-refractivity contribution in [3.63, 3.8) is 0 Å². The Bertz CT molecular complexity index is 1120. The van der Waals surface area contributed by atoms with Crippen LogP contribution in [0.5, 0.6) is 0 Å². The molecule has 10 heteroatoms. The highest BCUT2D eigenvalue weighted by atomic mass is 16.7. The van der Waals surface area contributed by atoms with Crippen molar-refractivity contribution in [1.29, 1.82) is 0 Å². The molecule has 2 fully saturated rings. The average molecular weight is 486 g/mol. The number of carbonyl (C=O) groups is 2. The zero-order valence-corrected chi connectivity index (χ0v) is 21.6. The predicted octanol–water partition coefficient (Wildman–Crippen LogP) is 3.27. The van der Waals surface area contributed by atoms with Crippen molar-refractivity contribution in [2.75, 3.05) is 19.7 Å². The average Bonchev–Trinajstić information content (AvgIpc) is 3.23. The normalized spacial score (nSPS) is 22.0. The number of hydrogen-bond donors (Lipinski definition) is 1. The van der Waals surface area contributed by atoms with E-state index in [1.807, 2.05) is 65.3 Å². The van der Waals surface area contributed by atoms with Gasteiger partial charge < -0.3 is 33.4 Å². The van der Waals surface area contributed by atoms with E-state index in [4.69, 9.17) is 18.8 Å². The molecule has 9 nitrogen and oxygen atoms in total. The van der Waals surface area contributed by atoms with Crippen LogP contribution in [0.4, 0.5) is 4.79 Å². The van der Waals surface area contributed by atoms with E-state index in [-0.39, 0.29) is 12.6 Å². The molecule has 0 bridgehead atoms. The summed E-state index contributed by atoms with van der Waals surface area (Å²) in [4.78, 5) is 25.8. The largest absolute Gasteiger partial charge is 0.497 e. The summed E-state index contributed by atoms with van der Waals surface area (Å²) in [6, 6.07) is 5.51. The first-order valence-corrected chi connectivity index (χ1v) is 12.0. The van der Waals surface area contributed by atoms with E-state index in [2.05, 4.69) is 0 Å². The molecule has 2 aliphatic heterocycles. The Hall–Kier alpha value is -2.56. The quantitative estimate of drug-likeness (QED) is 0.523. The van der Waals surface area contributed by atoms with Gasteiger partial charge in [0.05, 0.1) is 42.6 Å². The van der Waals surface area contributed by atoms with Crippen molar-refractivity contribution >= 4 is 35.5 Å². The van der Waals surface area contributed by atoms with Gasteiger partial charge in [-0.2, -0.15) is 0 Å². The lowest BCUT2D eigenvalue weighted by atomic mass is 9.77. The number of aromatic nitrogens is 1. The minimum atomic E-state index is -0.949. The van der Waals surface area contributed by atoms with Crippen molar-refractivity contribution in [2.24, 2.45) is 0 Å². The fraction of sp³-hybridized carbons (Fsp3) is 0.600. The van der Waals surface area contributed by atoms with Gasteiger partial charge in [0.1, 0.15) is 5.60 Å². The van der Waals surface area contributed by atoms with Crippen molar-refractivity contribution in [2.45, 2.75) is 77.9 Å². The van der Waals surface area contributed by atoms with Gasteiger partial charge in [-0.25, -0.2) is 9.59 Å². The molecule has 2 saturated heterocycles. The van der Waals surface area contributed by atoms with E-state index in [1.165, 1.54) is 4.90 Å². The van der Waals surface area contributed by atoms with Crippen LogP contribution in [0.1, 0.15) is 58.8 Å². The number of ether oxygens (including phenoxy) is 2. The molecule has 0 spiro atoms. The molecule has 1 atom stereocenters. The van der Waals surface area contributed by atoms with Crippen molar-refractivity contribution in [3.05, 3.63) is 30.0 Å². The molecule has 35 heavy (non-hydrogen) atoms. The van der Waals surface area contributed by atoms with Crippen molar-refractivity contribution < 1.29 is 33.5 Å². The van der Waals surface area contributed by atoms with E-state index in [1.54, 1.807) is 12.1 Å². The number of amides is 1. The third-order valence-corrected chi connectivity index (χ3v) is 6.84. The summed E-state index contributed by atoms with van der Waals surface area (Å²) in [6.45, 7) is 14.9. The summed E-state index contributed by atoms with van der Waals surface area (Å²) in [5, 5.41) is 10.2. The second-order valence-corrected chi connectivity index (χ2v) is 11.3. The zero-order valence-electron chi connectivity index (χ0n) is 21.6. The Kier molecular flexibility index (Phi) is 6.44. The number of benzene rings is 1. The van der Waals surface area contributed by atoms with Gasteiger partial charge in [-0.15, -0.1) is 0 Å². The van der Waals surface area contributed by atoms with Gasteiger partial charge in [-0.1, -0.05) is 0 Å². The van der Waals surface area contributed by atoms with Gasteiger partial charge in [-0.3, -0.25) is 0 Å². The smallest absolute Gasteiger partial charge is 0.465 e. The zero-order chi connectivity index (χ0) is 25.8. The van der Waals surface area contributed by atoms with Crippen LogP contribution in [0.15, 0.2) is 24.4 Å². The van der Waals surface area contributed by atoms with Crippen molar-refractivity contribution in [1.82, 2.24) is 9.47 Å². The number of hydrogen-bond acceptors (Lipinski definition) is 6. The number of carbonyl (C=O) groups excluding carboxylic acids is 1. The topological polar surface area (TPSA) is 99.5 Å². The Morgan fingerprint density at radius 1 is 1.17 bits per heavy atom. The molecular formula is C25H35BN2O7. The number of esters is 1. The van der Waals surface area contributed by atoms with E-state index in [0.29, 0.717) is 25.3 Å². The molecule has 0 unspecified atom stereocenters. The summed E-state index contributed by atoms with van der Waals surface area (Å²) in [6.07, 6.45) is 0.671. The first-order chi connectivity index (χ1) is 16.2. The number of rotatable bonds is 4. The Morgan fingerprint density at radius 3 is 2.43 bits per heavy atom. The Balaban J connectivity index is 1.75. The van der Waals surface area contributed by atoms with Gasteiger partial charge in [0, 0.05) is 29.1 Å². The molecule has 1 amide bonds.